The Morgan fingerprint density at radius 2 is 1.36 bits per heavy atom. The van der Waals surface area contributed by atoms with Crippen molar-refractivity contribution < 1.29 is 15.0 Å². The van der Waals surface area contributed by atoms with Crippen LogP contribution < -0.4 is 0 Å². The summed E-state index contributed by atoms with van der Waals surface area (Å²) in [6, 6.07) is 24.9. The molecule has 0 aliphatic heterocycles. The average molecular weight is 331 g/mol. The second kappa shape index (κ2) is 7.55. The molecule has 0 heterocycles. The fourth-order valence-corrected chi connectivity index (χ4v) is 2.57. The van der Waals surface area contributed by atoms with Gasteiger partial charge in [-0.2, -0.15) is 0 Å². The van der Waals surface area contributed by atoms with Crippen molar-refractivity contribution in [3.8, 4) is 0 Å². The largest absolute Gasteiger partial charge is 0.478 e. The van der Waals surface area contributed by atoms with Crippen LogP contribution in [0.1, 0.15) is 27.6 Å². The number of rotatable bonds is 5. The minimum Gasteiger partial charge on any atom is -0.478 e. The van der Waals surface area contributed by atoms with E-state index >= 15 is 0 Å². The number of nitrogens with zero attached hydrogens (tertiary/aromatic N) is 1. The van der Waals surface area contributed by atoms with Crippen LogP contribution in [0.25, 0.3) is 0 Å². The molecule has 4 nitrogen and oxygen atoms in total. The molecule has 2 N–H and O–H groups in total. The van der Waals surface area contributed by atoms with Crippen molar-refractivity contribution in [1.29, 1.82) is 0 Å². The summed E-state index contributed by atoms with van der Waals surface area (Å²) in [4.78, 5) is 16.0. The zero-order valence-electron chi connectivity index (χ0n) is 13.4. The molecule has 0 fully saturated rings. The Hall–Kier alpha value is -3.24. The lowest BCUT2D eigenvalue weighted by Crippen LogP contribution is -2.14. The molecule has 3 aromatic carbocycles. The number of aliphatic hydroxyl groups is 1. The third-order valence-corrected chi connectivity index (χ3v) is 3.82. The number of aliphatic hydroxyl groups excluding tert-OH is 1. The molecule has 0 spiro atoms. The molecule has 0 amide bonds. The molecule has 4 heteroatoms. The summed E-state index contributed by atoms with van der Waals surface area (Å²) in [5.74, 6) is -1.05. The number of aliphatic imine (C=N–C) groups is 1. The fraction of sp³-hybridized carbons (Fsp3) is 0.0476. The van der Waals surface area contributed by atoms with Crippen LogP contribution in [0.2, 0.25) is 0 Å². The number of carboxylic acids is 1. The molecule has 1 unspecified atom stereocenters. The second-order valence-electron chi connectivity index (χ2n) is 5.50. The maximum absolute atomic E-state index is 11.4. The van der Waals surface area contributed by atoms with Crippen LogP contribution in [0.3, 0.4) is 0 Å². The van der Waals surface area contributed by atoms with Gasteiger partial charge in [-0.3, -0.25) is 0 Å². The van der Waals surface area contributed by atoms with Gasteiger partial charge in [-0.05, 0) is 23.3 Å². The lowest BCUT2D eigenvalue weighted by atomic mass is 9.98. The lowest BCUT2D eigenvalue weighted by molar-refractivity contribution is 0.0698. The van der Waals surface area contributed by atoms with E-state index in [-0.39, 0.29) is 5.56 Å². The van der Waals surface area contributed by atoms with Crippen molar-refractivity contribution in [2.75, 3.05) is 0 Å². The number of carboxylic acid groups (broad SMARTS) is 1. The summed E-state index contributed by atoms with van der Waals surface area (Å²) in [5.41, 5.74) is 2.23. The molecule has 3 aromatic rings. The minimum atomic E-state index is -1.05. The zero-order valence-corrected chi connectivity index (χ0v) is 13.4. The minimum absolute atomic E-state index is 0.0937. The number of aromatic carboxylic acids is 1. The predicted molar refractivity (Wildman–Crippen MR) is 97.4 cm³/mol. The molecule has 1 atom stereocenters. The van der Waals surface area contributed by atoms with Crippen molar-refractivity contribution in [2.45, 2.75) is 6.10 Å². The van der Waals surface area contributed by atoms with Gasteiger partial charge in [0.1, 0.15) is 6.10 Å². The Bertz CT molecular complexity index is 889. The Balaban J connectivity index is 2.14. The summed E-state index contributed by atoms with van der Waals surface area (Å²) < 4.78 is 0. The first-order valence-electron chi connectivity index (χ1n) is 7.86. The van der Waals surface area contributed by atoms with Gasteiger partial charge >= 0.3 is 5.97 Å². The SMILES string of the molecule is O=C(O)c1ccccc1N=C(c1ccccc1)C(O)c1ccccc1. The number of hydrogen-bond donors (Lipinski definition) is 2. The molecule has 0 saturated heterocycles. The van der Waals surface area contributed by atoms with E-state index in [4.69, 9.17) is 0 Å². The molecule has 0 aliphatic rings. The Kier molecular flexibility index (Phi) is 5.02. The maximum Gasteiger partial charge on any atom is 0.337 e. The number of para-hydroxylation sites is 1. The average Bonchev–Trinajstić information content (AvgIpc) is 2.67. The van der Waals surface area contributed by atoms with E-state index in [1.807, 2.05) is 60.7 Å². The highest BCUT2D eigenvalue weighted by molar-refractivity contribution is 6.06. The monoisotopic (exact) mass is 331 g/mol. The van der Waals surface area contributed by atoms with E-state index in [0.717, 1.165) is 5.56 Å². The van der Waals surface area contributed by atoms with Gasteiger partial charge in [-0.15, -0.1) is 0 Å². The number of hydrogen-bond acceptors (Lipinski definition) is 3. The number of carbonyl (C=O) groups is 1. The van der Waals surface area contributed by atoms with Crippen LogP contribution in [-0.4, -0.2) is 21.9 Å². The molecule has 124 valence electrons. The van der Waals surface area contributed by atoms with Crippen molar-refractivity contribution >= 4 is 17.4 Å². The lowest BCUT2D eigenvalue weighted by Gasteiger charge is -2.15. The molecule has 0 radical (unpaired) electrons. The van der Waals surface area contributed by atoms with Crippen molar-refractivity contribution in [3.63, 3.8) is 0 Å². The predicted octanol–water partition coefficient (Wildman–Crippen LogP) is 4.24. The van der Waals surface area contributed by atoms with Gasteiger partial charge < -0.3 is 10.2 Å². The van der Waals surface area contributed by atoms with Crippen LogP contribution in [0.4, 0.5) is 5.69 Å². The first kappa shape index (κ1) is 16.6. The van der Waals surface area contributed by atoms with Crippen LogP contribution in [0, 0.1) is 0 Å². The Morgan fingerprint density at radius 3 is 2.00 bits per heavy atom. The highest BCUT2D eigenvalue weighted by atomic mass is 16.4. The summed E-state index contributed by atoms with van der Waals surface area (Å²) >= 11 is 0. The third kappa shape index (κ3) is 3.82. The van der Waals surface area contributed by atoms with E-state index in [1.165, 1.54) is 6.07 Å². The first-order valence-corrected chi connectivity index (χ1v) is 7.86. The van der Waals surface area contributed by atoms with Gasteiger partial charge in [-0.25, -0.2) is 9.79 Å². The first-order chi connectivity index (χ1) is 12.2. The van der Waals surface area contributed by atoms with E-state index in [0.29, 0.717) is 17.0 Å². The van der Waals surface area contributed by atoms with E-state index < -0.39 is 12.1 Å². The quantitative estimate of drug-likeness (QED) is 0.687. The summed E-state index contributed by atoms with van der Waals surface area (Å²) in [7, 11) is 0. The van der Waals surface area contributed by atoms with Gasteiger partial charge in [0.2, 0.25) is 0 Å². The van der Waals surface area contributed by atoms with Crippen LogP contribution >= 0.6 is 0 Å². The molecular formula is C21H17NO3. The molecule has 0 bridgehead atoms. The topological polar surface area (TPSA) is 69.9 Å². The Labute approximate surface area is 145 Å². The van der Waals surface area contributed by atoms with Crippen molar-refractivity contribution in [2.24, 2.45) is 4.99 Å². The summed E-state index contributed by atoms with van der Waals surface area (Å²) in [6.45, 7) is 0. The second-order valence-corrected chi connectivity index (χ2v) is 5.50. The molecular weight excluding hydrogens is 314 g/mol. The van der Waals surface area contributed by atoms with Crippen LogP contribution in [0.5, 0.6) is 0 Å². The van der Waals surface area contributed by atoms with Crippen LogP contribution in [0.15, 0.2) is 89.9 Å². The zero-order chi connectivity index (χ0) is 17.6. The van der Waals surface area contributed by atoms with E-state index in [2.05, 4.69) is 4.99 Å². The highest BCUT2D eigenvalue weighted by Crippen LogP contribution is 2.25. The van der Waals surface area contributed by atoms with E-state index in [1.54, 1.807) is 18.2 Å². The summed E-state index contributed by atoms with van der Waals surface area (Å²) in [5, 5.41) is 20.2. The van der Waals surface area contributed by atoms with Crippen molar-refractivity contribution in [3.05, 3.63) is 102 Å². The standard InChI is InChI=1S/C21H17NO3/c23-20(16-11-5-2-6-12-16)19(15-9-3-1-4-10-15)22-18-14-8-7-13-17(18)21(24)25/h1-14,20,23H,(H,24,25). The normalized spacial score (nSPS) is 12.6. The van der Waals surface area contributed by atoms with Crippen molar-refractivity contribution in [1.82, 2.24) is 0 Å². The third-order valence-electron chi connectivity index (χ3n) is 3.82. The van der Waals surface area contributed by atoms with E-state index in [9.17, 15) is 15.0 Å². The number of benzene rings is 3. The Morgan fingerprint density at radius 1 is 0.800 bits per heavy atom. The molecule has 3 rings (SSSR count). The highest BCUT2D eigenvalue weighted by Gasteiger charge is 2.18. The van der Waals surface area contributed by atoms with Gasteiger partial charge in [0.05, 0.1) is 17.0 Å². The maximum atomic E-state index is 11.4. The van der Waals surface area contributed by atoms with Gasteiger partial charge in [0.25, 0.3) is 0 Å². The van der Waals surface area contributed by atoms with Gasteiger partial charge in [0, 0.05) is 0 Å². The summed E-state index contributed by atoms with van der Waals surface area (Å²) in [6.07, 6.45) is -0.967. The molecule has 0 aliphatic carbocycles. The smallest absolute Gasteiger partial charge is 0.337 e. The van der Waals surface area contributed by atoms with Gasteiger partial charge in [0.15, 0.2) is 0 Å². The van der Waals surface area contributed by atoms with Gasteiger partial charge in [-0.1, -0.05) is 72.8 Å². The molecule has 0 aromatic heterocycles. The molecule has 0 saturated carbocycles. The fourth-order valence-electron chi connectivity index (χ4n) is 2.57. The molecule has 25 heavy (non-hydrogen) atoms. The van der Waals surface area contributed by atoms with Crippen LogP contribution in [-0.2, 0) is 0 Å².